The lowest BCUT2D eigenvalue weighted by Crippen LogP contribution is -2.56. The number of imide groups is 1. The molecular formula is C15H24N2O2. The van der Waals surface area contributed by atoms with Crippen LogP contribution in [0.1, 0.15) is 58.8 Å². The Hall–Kier alpha value is -1.06. The highest BCUT2D eigenvalue weighted by Crippen LogP contribution is 2.70. The van der Waals surface area contributed by atoms with Gasteiger partial charge in [-0.1, -0.05) is 13.8 Å². The maximum absolute atomic E-state index is 11.9. The van der Waals surface area contributed by atoms with Gasteiger partial charge in [0.25, 0.3) is 0 Å². The van der Waals surface area contributed by atoms with E-state index in [1.807, 2.05) is 0 Å². The summed E-state index contributed by atoms with van der Waals surface area (Å²) < 4.78 is 0. The van der Waals surface area contributed by atoms with E-state index in [1.54, 1.807) is 0 Å². The van der Waals surface area contributed by atoms with Gasteiger partial charge in [-0.05, 0) is 60.7 Å². The molecule has 0 radical (unpaired) electrons. The Morgan fingerprint density at radius 2 is 1.68 bits per heavy atom. The van der Waals surface area contributed by atoms with Crippen molar-refractivity contribution < 1.29 is 9.59 Å². The quantitative estimate of drug-likeness (QED) is 0.804. The molecule has 0 aromatic carbocycles. The Morgan fingerprint density at radius 3 is 2.16 bits per heavy atom. The Morgan fingerprint density at radius 1 is 1.11 bits per heavy atom. The second-order valence-electron chi connectivity index (χ2n) is 8.22. The van der Waals surface area contributed by atoms with E-state index in [0.29, 0.717) is 17.3 Å². The highest BCUT2D eigenvalue weighted by atomic mass is 16.2. The molecular weight excluding hydrogens is 240 g/mol. The SMILES string of the molecule is CC12CC3CC(C)(C1)CC(CC(=O)NC(N)=O)(C3)C2. The number of carbonyl (C=O) groups is 2. The van der Waals surface area contributed by atoms with E-state index in [0.717, 1.165) is 25.2 Å². The fourth-order valence-corrected chi connectivity index (χ4v) is 6.40. The summed E-state index contributed by atoms with van der Waals surface area (Å²) in [7, 11) is 0. The fraction of sp³-hybridized carbons (Fsp3) is 0.867. The molecule has 106 valence electrons. The van der Waals surface area contributed by atoms with Crippen LogP contribution >= 0.6 is 0 Å². The summed E-state index contributed by atoms with van der Waals surface area (Å²) in [4.78, 5) is 22.7. The molecule has 4 fully saturated rings. The smallest absolute Gasteiger partial charge is 0.318 e. The van der Waals surface area contributed by atoms with Gasteiger partial charge in [0.1, 0.15) is 0 Å². The van der Waals surface area contributed by atoms with Crippen LogP contribution in [0, 0.1) is 22.2 Å². The minimum absolute atomic E-state index is 0.114. The zero-order valence-corrected chi connectivity index (χ0v) is 11.9. The van der Waals surface area contributed by atoms with Crippen molar-refractivity contribution in [1.29, 1.82) is 0 Å². The summed E-state index contributed by atoms with van der Waals surface area (Å²) in [5.74, 6) is 0.578. The first-order chi connectivity index (χ1) is 8.72. The van der Waals surface area contributed by atoms with Gasteiger partial charge in [0.15, 0.2) is 0 Å². The summed E-state index contributed by atoms with van der Waals surface area (Å²) in [5, 5.41) is 2.24. The molecule has 0 aromatic rings. The number of urea groups is 1. The number of nitrogens with two attached hydrogens (primary N) is 1. The minimum atomic E-state index is -0.729. The van der Waals surface area contributed by atoms with Crippen molar-refractivity contribution in [1.82, 2.24) is 5.32 Å². The molecule has 4 aliphatic rings. The number of primary amides is 1. The minimum Gasteiger partial charge on any atom is -0.351 e. The van der Waals surface area contributed by atoms with E-state index in [4.69, 9.17) is 5.73 Å². The van der Waals surface area contributed by atoms with Crippen LogP contribution in [0.15, 0.2) is 0 Å². The molecule has 4 nitrogen and oxygen atoms in total. The van der Waals surface area contributed by atoms with E-state index in [2.05, 4.69) is 19.2 Å². The summed E-state index contributed by atoms with van der Waals surface area (Å²) >= 11 is 0. The first-order valence-electron chi connectivity index (χ1n) is 7.31. The van der Waals surface area contributed by atoms with Crippen LogP contribution in [-0.4, -0.2) is 11.9 Å². The standard InChI is InChI=1S/C15H24N2O2/c1-13-3-10-4-14(2,7-13)9-15(5-10,8-13)6-11(18)17-12(16)19/h10H,3-9H2,1-2H3,(H3,16,17,18,19). The summed E-state index contributed by atoms with van der Waals surface area (Å²) in [6, 6.07) is -0.729. The van der Waals surface area contributed by atoms with Gasteiger partial charge in [0, 0.05) is 6.42 Å². The van der Waals surface area contributed by atoms with Gasteiger partial charge in [-0.3, -0.25) is 10.1 Å². The Bertz CT molecular complexity index is 427. The van der Waals surface area contributed by atoms with Crippen molar-refractivity contribution in [2.24, 2.45) is 27.9 Å². The second kappa shape index (κ2) is 3.74. The van der Waals surface area contributed by atoms with E-state index in [9.17, 15) is 9.59 Å². The third-order valence-electron chi connectivity index (χ3n) is 5.54. The van der Waals surface area contributed by atoms with Crippen molar-refractivity contribution in [2.75, 3.05) is 0 Å². The molecule has 4 heteroatoms. The molecule has 3 N–H and O–H groups in total. The monoisotopic (exact) mass is 264 g/mol. The van der Waals surface area contributed by atoms with Crippen molar-refractivity contribution in [3.8, 4) is 0 Å². The van der Waals surface area contributed by atoms with E-state index < -0.39 is 6.03 Å². The zero-order valence-electron chi connectivity index (χ0n) is 11.9. The van der Waals surface area contributed by atoms with Gasteiger partial charge in [-0.25, -0.2) is 4.79 Å². The Kier molecular flexibility index (Phi) is 2.55. The van der Waals surface area contributed by atoms with Crippen LogP contribution in [0.4, 0.5) is 4.79 Å². The predicted octanol–water partition coefficient (Wildman–Crippen LogP) is 2.57. The summed E-state index contributed by atoms with van der Waals surface area (Å²) in [6.07, 6.45) is 7.85. The van der Waals surface area contributed by atoms with Crippen LogP contribution in [0.25, 0.3) is 0 Å². The molecule has 2 atom stereocenters. The lowest BCUT2D eigenvalue weighted by atomic mass is 9.40. The fourth-order valence-electron chi connectivity index (χ4n) is 6.40. The summed E-state index contributed by atoms with van der Waals surface area (Å²) in [5.41, 5.74) is 5.96. The van der Waals surface area contributed by atoms with Crippen molar-refractivity contribution in [2.45, 2.75) is 58.8 Å². The normalized spacial score (nSPS) is 47.2. The number of nitrogens with one attached hydrogen (secondary N) is 1. The number of carbonyl (C=O) groups excluding carboxylic acids is 2. The molecule has 0 saturated heterocycles. The largest absolute Gasteiger partial charge is 0.351 e. The molecule has 0 spiro atoms. The predicted molar refractivity (Wildman–Crippen MR) is 72.2 cm³/mol. The van der Waals surface area contributed by atoms with Gasteiger partial charge in [-0.15, -0.1) is 0 Å². The zero-order chi connectivity index (χ0) is 13.9. The topological polar surface area (TPSA) is 72.2 Å². The van der Waals surface area contributed by atoms with Crippen molar-refractivity contribution >= 4 is 11.9 Å². The van der Waals surface area contributed by atoms with E-state index in [1.165, 1.54) is 19.3 Å². The molecule has 4 bridgehead atoms. The Balaban J connectivity index is 1.81. The number of hydrogen-bond acceptors (Lipinski definition) is 2. The average molecular weight is 264 g/mol. The first kappa shape index (κ1) is 12.9. The number of rotatable bonds is 2. The third kappa shape index (κ3) is 2.26. The van der Waals surface area contributed by atoms with Gasteiger partial charge < -0.3 is 5.73 Å². The lowest BCUT2D eigenvalue weighted by molar-refractivity contribution is -0.155. The highest BCUT2D eigenvalue weighted by molar-refractivity contribution is 5.93. The highest BCUT2D eigenvalue weighted by Gasteiger charge is 2.60. The van der Waals surface area contributed by atoms with Crippen LogP contribution in [0.2, 0.25) is 0 Å². The second-order valence-corrected chi connectivity index (χ2v) is 8.22. The molecule has 0 heterocycles. The maximum atomic E-state index is 11.9. The molecule has 4 saturated carbocycles. The maximum Gasteiger partial charge on any atom is 0.318 e. The molecule has 4 rings (SSSR count). The van der Waals surface area contributed by atoms with E-state index in [-0.39, 0.29) is 11.3 Å². The van der Waals surface area contributed by atoms with Gasteiger partial charge in [0.05, 0.1) is 0 Å². The third-order valence-corrected chi connectivity index (χ3v) is 5.54. The van der Waals surface area contributed by atoms with Gasteiger partial charge in [0.2, 0.25) is 5.91 Å². The average Bonchev–Trinajstić information content (AvgIpc) is 2.06. The van der Waals surface area contributed by atoms with Crippen LogP contribution in [0.5, 0.6) is 0 Å². The first-order valence-corrected chi connectivity index (χ1v) is 7.31. The van der Waals surface area contributed by atoms with Gasteiger partial charge in [-0.2, -0.15) is 0 Å². The number of amides is 3. The molecule has 0 aromatic heterocycles. The molecule has 4 aliphatic carbocycles. The molecule has 2 unspecified atom stereocenters. The lowest BCUT2D eigenvalue weighted by Gasteiger charge is -2.65. The van der Waals surface area contributed by atoms with Crippen molar-refractivity contribution in [3.05, 3.63) is 0 Å². The molecule has 3 amide bonds. The van der Waals surface area contributed by atoms with Gasteiger partial charge >= 0.3 is 6.03 Å². The van der Waals surface area contributed by atoms with Crippen LogP contribution < -0.4 is 11.1 Å². The van der Waals surface area contributed by atoms with Crippen LogP contribution in [-0.2, 0) is 4.79 Å². The van der Waals surface area contributed by atoms with Crippen LogP contribution in [0.3, 0.4) is 0 Å². The summed E-state index contributed by atoms with van der Waals surface area (Å²) in [6.45, 7) is 4.77. The molecule has 19 heavy (non-hydrogen) atoms. The Labute approximate surface area is 114 Å². The van der Waals surface area contributed by atoms with E-state index >= 15 is 0 Å². The number of hydrogen-bond donors (Lipinski definition) is 2. The molecule has 0 aliphatic heterocycles. The van der Waals surface area contributed by atoms with Crippen molar-refractivity contribution in [3.63, 3.8) is 0 Å².